The second kappa shape index (κ2) is 9.98. The lowest BCUT2D eigenvalue weighted by Gasteiger charge is -2.19. The van der Waals surface area contributed by atoms with Crippen molar-refractivity contribution in [3.8, 4) is 28.9 Å². The fourth-order valence-electron chi connectivity index (χ4n) is 4.30. The first-order chi connectivity index (χ1) is 18.9. The highest BCUT2D eigenvalue weighted by Crippen LogP contribution is 2.37. The number of hydrogen-bond acceptors (Lipinski definition) is 9. The molecule has 10 nitrogen and oxygen atoms in total. The van der Waals surface area contributed by atoms with Crippen LogP contribution >= 0.6 is 0 Å². The van der Waals surface area contributed by atoms with Crippen molar-refractivity contribution in [3.05, 3.63) is 42.2 Å². The van der Waals surface area contributed by atoms with Crippen molar-refractivity contribution in [1.29, 1.82) is 0 Å². The zero-order valence-electron chi connectivity index (χ0n) is 21.2. The zero-order valence-corrected chi connectivity index (χ0v) is 21.2. The molecule has 1 fully saturated rings. The molecular formula is C24H21F6N7O3. The molecule has 1 aromatic carbocycles. The highest BCUT2D eigenvalue weighted by Gasteiger charge is 2.51. The summed E-state index contributed by atoms with van der Waals surface area (Å²) in [5, 5.41) is 3.68. The van der Waals surface area contributed by atoms with E-state index in [1.54, 1.807) is 6.92 Å². The predicted octanol–water partition coefficient (Wildman–Crippen LogP) is 4.21. The maximum Gasteiger partial charge on any atom is 0.408 e. The van der Waals surface area contributed by atoms with Crippen LogP contribution in [0.4, 0.5) is 32.2 Å². The van der Waals surface area contributed by atoms with E-state index < -0.39 is 49.4 Å². The van der Waals surface area contributed by atoms with Crippen LogP contribution in [0.5, 0.6) is 17.6 Å². The maximum atomic E-state index is 15.1. The van der Waals surface area contributed by atoms with Crippen LogP contribution in [0.25, 0.3) is 22.2 Å². The molecular weight excluding hydrogens is 548 g/mol. The van der Waals surface area contributed by atoms with Crippen LogP contribution in [-0.2, 0) is 6.54 Å². The third-order valence-electron chi connectivity index (χ3n) is 6.08. The normalized spacial score (nSPS) is 16.9. The zero-order chi connectivity index (χ0) is 28.8. The average Bonchev–Trinajstić information content (AvgIpc) is 3.41. The van der Waals surface area contributed by atoms with Gasteiger partial charge in [-0.2, -0.15) is 23.3 Å². The van der Waals surface area contributed by atoms with Crippen molar-refractivity contribution in [2.45, 2.75) is 31.7 Å². The number of halogens is 6. The molecule has 0 spiro atoms. The van der Waals surface area contributed by atoms with Gasteiger partial charge in [0.1, 0.15) is 18.2 Å². The molecule has 0 amide bonds. The molecule has 3 aromatic heterocycles. The van der Waals surface area contributed by atoms with Crippen LogP contribution in [-0.4, -0.2) is 75.2 Å². The van der Waals surface area contributed by atoms with Crippen molar-refractivity contribution in [2.24, 2.45) is 0 Å². The standard InChI is InChI=1S/C24H21F6N7O3/c1-12-33-16(14-8-31-22(39-3)35-21(14)38-2)5-20(34-12)36-9-19(23(26,27)10-36)40-18-6-17-13(4-15(18)25)7-32-37(17)11-24(28,29)30/h4-8,19H,9-11H2,1-3H3/t19-/m0/s1. The Morgan fingerprint density at radius 1 is 1.05 bits per heavy atom. The van der Waals surface area contributed by atoms with Crippen molar-refractivity contribution in [1.82, 2.24) is 29.7 Å². The van der Waals surface area contributed by atoms with E-state index in [9.17, 15) is 17.6 Å². The minimum absolute atomic E-state index is 0.0534. The first-order valence-electron chi connectivity index (χ1n) is 11.7. The molecule has 1 aliphatic heterocycles. The van der Waals surface area contributed by atoms with E-state index >= 15 is 8.78 Å². The number of aromatic nitrogens is 6. The number of hydrogen-bond donors (Lipinski definition) is 0. The van der Waals surface area contributed by atoms with Gasteiger partial charge < -0.3 is 19.1 Å². The first kappa shape index (κ1) is 27.2. The van der Waals surface area contributed by atoms with Crippen molar-refractivity contribution in [3.63, 3.8) is 0 Å². The Bertz CT molecular complexity index is 1560. The SMILES string of the molecule is COc1ncc(-c2cc(N3C[C@H](Oc4cc5c(cnn5CC(F)(F)F)cc4F)C(F)(F)C3)nc(C)n2)c(OC)n1. The van der Waals surface area contributed by atoms with Crippen LogP contribution in [0.15, 0.2) is 30.6 Å². The van der Waals surface area contributed by atoms with E-state index in [0.29, 0.717) is 15.9 Å². The van der Waals surface area contributed by atoms with Gasteiger partial charge in [0.05, 0.1) is 50.3 Å². The number of rotatable bonds is 7. The predicted molar refractivity (Wildman–Crippen MR) is 128 cm³/mol. The van der Waals surface area contributed by atoms with Crippen LogP contribution in [0.1, 0.15) is 5.82 Å². The first-order valence-corrected chi connectivity index (χ1v) is 11.7. The monoisotopic (exact) mass is 569 g/mol. The van der Waals surface area contributed by atoms with Gasteiger partial charge in [0.15, 0.2) is 17.7 Å². The van der Waals surface area contributed by atoms with Crippen LogP contribution in [0.2, 0.25) is 0 Å². The highest BCUT2D eigenvalue weighted by molar-refractivity contribution is 5.80. The van der Waals surface area contributed by atoms with Crippen LogP contribution < -0.4 is 19.1 Å². The van der Waals surface area contributed by atoms with E-state index in [2.05, 4.69) is 25.0 Å². The molecule has 5 rings (SSSR count). The van der Waals surface area contributed by atoms with Gasteiger partial charge in [0, 0.05) is 23.7 Å². The summed E-state index contributed by atoms with van der Waals surface area (Å²) in [6.45, 7) is -1.09. The Morgan fingerprint density at radius 3 is 2.52 bits per heavy atom. The van der Waals surface area contributed by atoms with E-state index in [1.165, 1.54) is 31.4 Å². The van der Waals surface area contributed by atoms with E-state index in [0.717, 1.165) is 18.3 Å². The third kappa shape index (κ3) is 5.37. The molecule has 1 saturated heterocycles. The molecule has 16 heteroatoms. The van der Waals surface area contributed by atoms with Gasteiger partial charge in [-0.1, -0.05) is 0 Å². The number of aryl methyl sites for hydroxylation is 1. The van der Waals surface area contributed by atoms with Gasteiger partial charge in [0.25, 0.3) is 0 Å². The van der Waals surface area contributed by atoms with Gasteiger partial charge >= 0.3 is 18.1 Å². The number of ether oxygens (including phenoxy) is 3. The number of alkyl halides is 5. The third-order valence-corrected chi connectivity index (χ3v) is 6.08. The molecule has 212 valence electrons. The van der Waals surface area contributed by atoms with Crippen LogP contribution in [0.3, 0.4) is 0 Å². The number of anilines is 1. The Labute approximate surface area is 222 Å². The Balaban J connectivity index is 1.43. The van der Waals surface area contributed by atoms with E-state index in [4.69, 9.17) is 14.2 Å². The molecule has 0 radical (unpaired) electrons. The summed E-state index contributed by atoms with van der Waals surface area (Å²) in [7, 11) is 2.77. The average molecular weight is 569 g/mol. The Morgan fingerprint density at radius 2 is 1.82 bits per heavy atom. The lowest BCUT2D eigenvalue weighted by Crippen LogP contribution is -2.36. The minimum atomic E-state index is -4.59. The molecule has 1 atom stereocenters. The highest BCUT2D eigenvalue weighted by atomic mass is 19.4. The number of fused-ring (bicyclic) bond motifs is 1. The molecule has 1 aliphatic rings. The number of benzene rings is 1. The second-order valence-corrected chi connectivity index (χ2v) is 8.95. The molecule has 0 bridgehead atoms. The molecule has 40 heavy (non-hydrogen) atoms. The van der Waals surface area contributed by atoms with Gasteiger partial charge in [-0.25, -0.2) is 28.1 Å². The molecule has 0 unspecified atom stereocenters. The summed E-state index contributed by atoms with van der Waals surface area (Å²) < 4.78 is 99.8. The molecule has 4 heterocycles. The van der Waals surface area contributed by atoms with Gasteiger partial charge in [-0.15, -0.1) is 0 Å². The van der Waals surface area contributed by atoms with Crippen molar-refractivity contribution >= 4 is 16.7 Å². The van der Waals surface area contributed by atoms with Crippen molar-refractivity contribution in [2.75, 3.05) is 32.2 Å². The van der Waals surface area contributed by atoms with Gasteiger partial charge in [-0.05, 0) is 13.0 Å². The quantitative estimate of drug-likeness (QED) is 0.303. The second-order valence-electron chi connectivity index (χ2n) is 8.95. The van der Waals surface area contributed by atoms with Gasteiger partial charge in [0.2, 0.25) is 5.88 Å². The summed E-state index contributed by atoms with van der Waals surface area (Å²) in [4.78, 5) is 18.0. The van der Waals surface area contributed by atoms with Crippen LogP contribution in [0, 0.1) is 12.7 Å². The fourth-order valence-corrected chi connectivity index (χ4v) is 4.30. The molecule has 0 N–H and O–H groups in total. The largest absolute Gasteiger partial charge is 0.480 e. The summed E-state index contributed by atoms with van der Waals surface area (Å²) in [6.07, 6.45) is -3.97. The molecule has 0 saturated carbocycles. The Hall–Kier alpha value is -4.37. The van der Waals surface area contributed by atoms with E-state index in [-0.39, 0.29) is 34.4 Å². The number of methoxy groups -OCH3 is 2. The lowest BCUT2D eigenvalue weighted by molar-refractivity contribution is -0.141. The Kier molecular flexibility index (Phi) is 6.79. The lowest BCUT2D eigenvalue weighted by atomic mass is 10.2. The summed E-state index contributed by atoms with van der Waals surface area (Å²) in [5.41, 5.74) is 0.544. The number of nitrogens with zero attached hydrogens (tertiary/aromatic N) is 7. The minimum Gasteiger partial charge on any atom is -0.480 e. The maximum absolute atomic E-state index is 15.1. The van der Waals surface area contributed by atoms with Gasteiger partial charge in [-0.3, -0.25) is 4.68 Å². The molecule has 0 aliphatic carbocycles. The van der Waals surface area contributed by atoms with E-state index in [1.807, 2.05) is 0 Å². The van der Waals surface area contributed by atoms with Crippen molar-refractivity contribution < 1.29 is 40.6 Å². The topological polar surface area (TPSA) is 100 Å². The summed E-state index contributed by atoms with van der Waals surface area (Å²) >= 11 is 0. The molecule has 4 aromatic rings. The summed E-state index contributed by atoms with van der Waals surface area (Å²) in [6, 6.07) is 3.32. The fraction of sp³-hybridized carbons (Fsp3) is 0.375. The smallest absolute Gasteiger partial charge is 0.408 e. The summed E-state index contributed by atoms with van der Waals surface area (Å²) in [5.74, 6) is -4.58.